The van der Waals surface area contributed by atoms with Gasteiger partial charge in [-0.3, -0.25) is 4.79 Å². The minimum atomic E-state index is -0.103. The second-order valence-electron chi connectivity index (χ2n) is 4.38. The van der Waals surface area contributed by atoms with Crippen molar-refractivity contribution in [1.82, 2.24) is 15.5 Å². The molecule has 0 aliphatic rings. The van der Waals surface area contributed by atoms with Crippen LogP contribution in [0.1, 0.15) is 5.69 Å². The molecule has 1 amide bonds. The van der Waals surface area contributed by atoms with Crippen molar-refractivity contribution in [2.75, 3.05) is 32.1 Å². The van der Waals surface area contributed by atoms with Crippen molar-refractivity contribution in [3.8, 4) is 0 Å². The largest absolute Gasteiger partial charge is 0.383 e. The van der Waals surface area contributed by atoms with Gasteiger partial charge in [-0.1, -0.05) is 24.3 Å². The molecule has 0 unspecified atom stereocenters. The summed E-state index contributed by atoms with van der Waals surface area (Å²) >= 11 is 0. The van der Waals surface area contributed by atoms with Crippen molar-refractivity contribution in [2.24, 2.45) is 0 Å². The molecule has 0 bridgehead atoms. The molecule has 6 heteroatoms. The van der Waals surface area contributed by atoms with Crippen molar-refractivity contribution >= 4 is 22.5 Å². The number of carbonyl (C=O) groups excluding carboxylic acids is 1. The highest BCUT2D eigenvalue weighted by molar-refractivity contribution is 5.94. The van der Waals surface area contributed by atoms with E-state index in [0.29, 0.717) is 19.0 Å². The summed E-state index contributed by atoms with van der Waals surface area (Å²) in [7, 11) is 1.60. The van der Waals surface area contributed by atoms with E-state index in [1.54, 1.807) is 7.11 Å². The van der Waals surface area contributed by atoms with Crippen molar-refractivity contribution in [3.63, 3.8) is 0 Å². The summed E-state index contributed by atoms with van der Waals surface area (Å²) < 4.78 is 4.87. The van der Waals surface area contributed by atoms with Crippen molar-refractivity contribution in [2.45, 2.75) is 6.92 Å². The van der Waals surface area contributed by atoms with Gasteiger partial charge in [0.05, 0.1) is 18.8 Å². The molecule has 1 heterocycles. The molecule has 2 rings (SSSR count). The topological polar surface area (TPSA) is 76.1 Å². The average Bonchev–Trinajstić information content (AvgIpc) is 2.47. The van der Waals surface area contributed by atoms with Gasteiger partial charge in [0.2, 0.25) is 5.91 Å². The molecule has 1 aromatic heterocycles. The van der Waals surface area contributed by atoms with Gasteiger partial charge in [-0.25, -0.2) is 0 Å². The highest BCUT2D eigenvalue weighted by Crippen LogP contribution is 2.21. The molecule has 1 aromatic carbocycles. The maximum atomic E-state index is 11.6. The van der Waals surface area contributed by atoms with Crippen LogP contribution in [0.3, 0.4) is 0 Å². The van der Waals surface area contributed by atoms with Gasteiger partial charge in [-0.15, -0.1) is 5.10 Å². The van der Waals surface area contributed by atoms with Gasteiger partial charge in [0.25, 0.3) is 0 Å². The van der Waals surface area contributed by atoms with E-state index in [-0.39, 0.29) is 12.5 Å². The Morgan fingerprint density at radius 3 is 2.75 bits per heavy atom. The molecule has 2 N–H and O–H groups in total. The number of amides is 1. The van der Waals surface area contributed by atoms with Crippen molar-refractivity contribution in [1.29, 1.82) is 0 Å². The van der Waals surface area contributed by atoms with Gasteiger partial charge in [-0.2, -0.15) is 5.10 Å². The maximum absolute atomic E-state index is 11.6. The molecule has 6 nitrogen and oxygen atoms in total. The Morgan fingerprint density at radius 2 is 2.00 bits per heavy atom. The van der Waals surface area contributed by atoms with Crippen LogP contribution in [-0.4, -0.2) is 42.9 Å². The number of hydrogen-bond donors (Lipinski definition) is 2. The predicted molar refractivity (Wildman–Crippen MR) is 77.7 cm³/mol. The molecular formula is C14H18N4O2. The SMILES string of the molecule is COCCNC(=O)CNc1nnc(C)c2ccccc12. The summed E-state index contributed by atoms with van der Waals surface area (Å²) in [6.07, 6.45) is 0. The first-order chi connectivity index (χ1) is 9.72. The van der Waals surface area contributed by atoms with E-state index in [9.17, 15) is 4.79 Å². The normalized spacial score (nSPS) is 10.5. The number of aryl methyl sites for hydroxylation is 1. The highest BCUT2D eigenvalue weighted by Gasteiger charge is 2.07. The number of aromatic nitrogens is 2. The van der Waals surface area contributed by atoms with Crippen molar-refractivity contribution in [3.05, 3.63) is 30.0 Å². The molecule has 0 radical (unpaired) electrons. The number of nitrogens with zero attached hydrogens (tertiary/aromatic N) is 2. The smallest absolute Gasteiger partial charge is 0.239 e. The van der Waals surface area contributed by atoms with E-state index in [2.05, 4.69) is 20.8 Å². The van der Waals surface area contributed by atoms with Gasteiger partial charge in [0, 0.05) is 24.4 Å². The lowest BCUT2D eigenvalue weighted by Crippen LogP contribution is -2.32. The molecule has 0 atom stereocenters. The summed E-state index contributed by atoms with van der Waals surface area (Å²) in [4.78, 5) is 11.6. The summed E-state index contributed by atoms with van der Waals surface area (Å²) in [6, 6.07) is 7.84. The molecule has 106 valence electrons. The summed E-state index contributed by atoms with van der Waals surface area (Å²) in [5.74, 6) is 0.515. The second-order valence-corrected chi connectivity index (χ2v) is 4.38. The molecule has 20 heavy (non-hydrogen) atoms. The van der Waals surface area contributed by atoms with E-state index in [1.807, 2.05) is 31.2 Å². The Kier molecular flexibility index (Phi) is 4.84. The van der Waals surface area contributed by atoms with Gasteiger partial charge in [-0.05, 0) is 6.92 Å². The number of anilines is 1. The Labute approximate surface area is 117 Å². The van der Waals surface area contributed by atoms with Crippen LogP contribution in [-0.2, 0) is 9.53 Å². The number of rotatable bonds is 6. The average molecular weight is 274 g/mol. The van der Waals surface area contributed by atoms with E-state index in [4.69, 9.17) is 4.74 Å². The standard InChI is InChI=1S/C14H18N4O2/c1-10-11-5-3-4-6-12(11)14(18-17-10)16-9-13(19)15-7-8-20-2/h3-6H,7-9H2,1-2H3,(H,15,19)(H,16,18). The Bertz CT molecular complexity index is 601. The molecule has 0 aliphatic heterocycles. The number of carbonyl (C=O) groups is 1. The highest BCUT2D eigenvalue weighted by atomic mass is 16.5. The number of ether oxygens (including phenoxy) is 1. The zero-order valence-electron chi connectivity index (χ0n) is 11.6. The zero-order valence-corrected chi connectivity index (χ0v) is 11.6. The van der Waals surface area contributed by atoms with Gasteiger partial charge < -0.3 is 15.4 Å². The fraction of sp³-hybridized carbons (Fsp3) is 0.357. The van der Waals surface area contributed by atoms with Gasteiger partial charge in [0.15, 0.2) is 5.82 Å². The summed E-state index contributed by atoms with van der Waals surface area (Å²) in [5.41, 5.74) is 0.871. The number of hydrogen-bond acceptors (Lipinski definition) is 5. The van der Waals surface area contributed by atoms with E-state index in [1.165, 1.54) is 0 Å². The van der Waals surface area contributed by atoms with Crippen LogP contribution < -0.4 is 10.6 Å². The zero-order chi connectivity index (χ0) is 14.4. The minimum Gasteiger partial charge on any atom is -0.383 e. The Balaban J connectivity index is 2.03. The van der Waals surface area contributed by atoms with Crippen LogP contribution in [0.25, 0.3) is 10.8 Å². The lowest BCUT2D eigenvalue weighted by molar-refractivity contribution is -0.119. The summed E-state index contributed by atoms with van der Waals surface area (Å²) in [6.45, 7) is 3.07. The molecule has 2 aromatic rings. The molecule has 0 saturated heterocycles. The van der Waals surface area contributed by atoms with Crippen molar-refractivity contribution < 1.29 is 9.53 Å². The first-order valence-electron chi connectivity index (χ1n) is 6.44. The van der Waals surface area contributed by atoms with Crippen LogP contribution in [0.5, 0.6) is 0 Å². The van der Waals surface area contributed by atoms with E-state index >= 15 is 0 Å². The molecule has 0 spiro atoms. The van der Waals surface area contributed by atoms with Gasteiger partial charge >= 0.3 is 0 Å². The van der Waals surface area contributed by atoms with Crippen LogP contribution in [0.4, 0.5) is 5.82 Å². The third-order valence-corrected chi connectivity index (χ3v) is 2.92. The first kappa shape index (κ1) is 14.2. The summed E-state index contributed by atoms with van der Waals surface area (Å²) in [5, 5.41) is 16.0. The van der Waals surface area contributed by atoms with E-state index < -0.39 is 0 Å². The quantitative estimate of drug-likeness (QED) is 0.772. The number of methoxy groups -OCH3 is 1. The predicted octanol–water partition coefficient (Wildman–Crippen LogP) is 1.11. The first-order valence-corrected chi connectivity index (χ1v) is 6.44. The van der Waals surface area contributed by atoms with Gasteiger partial charge in [0.1, 0.15) is 0 Å². The third kappa shape index (κ3) is 3.42. The third-order valence-electron chi connectivity index (χ3n) is 2.92. The van der Waals surface area contributed by atoms with Crippen LogP contribution in [0, 0.1) is 6.92 Å². The fourth-order valence-electron chi connectivity index (χ4n) is 1.89. The molecule has 0 aliphatic carbocycles. The number of fused-ring (bicyclic) bond motifs is 1. The maximum Gasteiger partial charge on any atom is 0.239 e. The molecule has 0 saturated carbocycles. The fourth-order valence-corrected chi connectivity index (χ4v) is 1.89. The number of nitrogens with one attached hydrogen (secondary N) is 2. The van der Waals surface area contributed by atoms with Crippen LogP contribution >= 0.6 is 0 Å². The Hall–Kier alpha value is -2.21. The number of benzene rings is 1. The Morgan fingerprint density at radius 1 is 1.25 bits per heavy atom. The minimum absolute atomic E-state index is 0.103. The molecule has 0 fully saturated rings. The molecular weight excluding hydrogens is 256 g/mol. The lowest BCUT2D eigenvalue weighted by atomic mass is 10.1. The van der Waals surface area contributed by atoms with Crippen LogP contribution in [0.15, 0.2) is 24.3 Å². The van der Waals surface area contributed by atoms with Crippen LogP contribution in [0.2, 0.25) is 0 Å². The monoisotopic (exact) mass is 274 g/mol. The second kappa shape index (κ2) is 6.81. The van der Waals surface area contributed by atoms with E-state index in [0.717, 1.165) is 16.5 Å². The lowest BCUT2D eigenvalue weighted by Gasteiger charge is -2.09.